The van der Waals surface area contributed by atoms with E-state index in [1.165, 1.54) is 12.1 Å². The lowest BCUT2D eigenvalue weighted by Crippen LogP contribution is -2.36. The molecule has 2 aromatic rings. The minimum atomic E-state index is -4.44. The van der Waals surface area contributed by atoms with Gasteiger partial charge in [-0.1, -0.05) is 6.92 Å². The number of nitrogens with one attached hydrogen (secondary N) is 2. The molecule has 1 heterocycles. The number of benzene rings is 1. The fourth-order valence-corrected chi connectivity index (χ4v) is 1.56. The van der Waals surface area contributed by atoms with Crippen LogP contribution < -0.4 is 10.6 Å². The monoisotopic (exact) mass is 287 g/mol. The van der Waals surface area contributed by atoms with Crippen LogP contribution in [0, 0.1) is 0 Å². The SMILES string of the molecule is CCc1nc2cc(NC(=O)NCC(F)(F)F)ccc2o1. The van der Waals surface area contributed by atoms with E-state index in [2.05, 4.69) is 10.3 Å². The third kappa shape index (κ3) is 3.62. The summed E-state index contributed by atoms with van der Waals surface area (Å²) in [6.07, 6.45) is -3.81. The molecule has 0 atom stereocenters. The second-order valence-corrected chi connectivity index (χ2v) is 4.07. The lowest BCUT2D eigenvalue weighted by atomic mass is 10.3. The van der Waals surface area contributed by atoms with Crippen molar-refractivity contribution in [3.63, 3.8) is 0 Å². The number of rotatable bonds is 3. The average molecular weight is 287 g/mol. The second-order valence-electron chi connectivity index (χ2n) is 4.07. The van der Waals surface area contributed by atoms with Crippen molar-refractivity contribution in [3.05, 3.63) is 24.1 Å². The van der Waals surface area contributed by atoms with Crippen LogP contribution in [0.1, 0.15) is 12.8 Å². The van der Waals surface area contributed by atoms with Crippen molar-refractivity contribution in [1.82, 2.24) is 10.3 Å². The smallest absolute Gasteiger partial charge is 0.405 e. The van der Waals surface area contributed by atoms with Crippen LogP contribution in [0.3, 0.4) is 0 Å². The maximum Gasteiger partial charge on any atom is 0.405 e. The zero-order valence-electron chi connectivity index (χ0n) is 10.5. The third-order valence-electron chi connectivity index (χ3n) is 2.44. The molecule has 108 valence electrons. The molecule has 0 bridgehead atoms. The molecule has 0 saturated carbocycles. The van der Waals surface area contributed by atoms with Gasteiger partial charge in [0.1, 0.15) is 12.1 Å². The van der Waals surface area contributed by atoms with Crippen LogP contribution in [0.25, 0.3) is 11.1 Å². The minimum Gasteiger partial charge on any atom is -0.441 e. The highest BCUT2D eigenvalue weighted by atomic mass is 19.4. The number of aryl methyl sites for hydroxylation is 1. The van der Waals surface area contributed by atoms with E-state index in [0.29, 0.717) is 29.1 Å². The lowest BCUT2D eigenvalue weighted by Gasteiger charge is -2.09. The molecule has 5 nitrogen and oxygen atoms in total. The zero-order chi connectivity index (χ0) is 14.8. The summed E-state index contributed by atoms with van der Waals surface area (Å²) in [5.41, 5.74) is 1.44. The van der Waals surface area contributed by atoms with Crippen LogP contribution in [-0.4, -0.2) is 23.7 Å². The first-order valence-corrected chi connectivity index (χ1v) is 5.88. The first kappa shape index (κ1) is 14.2. The number of aromatic nitrogens is 1. The Morgan fingerprint density at radius 1 is 1.40 bits per heavy atom. The summed E-state index contributed by atoms with van der Waals surface area (Å²) in [5, 5.41) is 4.02. The van der Waals surface area contributed by atoms with E-state index < -0.39 is 18.8 Å². The number of oxazole rings is 1. The third-order valence-corrected chi connectivity index (χ3v) is 2.44. The summed E-state index contributed by atoms with van der Waals surface area (Å²) >= 11 is 0. The van der Waals surface area contributed by atoms with Gasteiger partial charge in [-0.2, -0.15) is 13.2 Å². The van der Waals surface area contributed by atoms with Gasteiger partial charge in [-0.15, -0.1) is 0 Å². The van der Waals surface area contributed by atoms with Gasteiger partial charge in [0.2, 0.25) is 0 Å². The van der Waals surface area contributed by atoms with E-state index in [-0.39, 0.29) is 0 Å². The molecule has 0 fully saturated rings. The molecule has 0 aliphatic heterocycles. The Balaban J connectivity index is 2.04. The average Bonchev–Trinajstić information content (AvgIpc) is 2.78. The Morgan fingerprint density at radius 2 is 2.15 bits per heavy atom. The standard InChI is InChI=1S/C12H12F3N3O2/c1-2-10-18-8-5-7(3-4-9(8)20-10)17-11(19)16-6-12(13,14)15/h3-5H,2,6H2,1H3,(H2,16,17,19). The molecule has 0 aliphatic rings. The highest BCUT2D eigenvalue weighted by Gasteiger charge is 2.27. The molecule has 0 radical (unpaired) electrons. The molecule has 0 saturated heterocycles. The van der Waals surface area contributed by atoms with Crippen molar-refractivity contribution >= 4 is 22.8 Å². The largest absolute Gasteiger partial charge is 0.441 e. The van der Waals surface area contributed by atoms with Crippen molar-refractivity contribution in [1.29, 1.82) is 0 Å². The molecule has 1 aromatic carbocycles. The number of fused-ring (bicyclic) bond motifs is 1. The molecule has 0 aliphatic carbocycles. The minimum absolute atomic E-state index is 0.341. The number of nitrogens with zero attached hydrogens (tertiary/aromatic N) is 1. The van der Waals surface area contributed by atoms with Gasteiger partial charge in [0, 0.05) is 12.1 Å². The zero-order valence-corrected chi connectivity index (χ0v) is 10.5. The van der Waals surface area contributed by atoms with E-state index in [0.717, 1.165) is 0 Å². The van der Waals surface area contributed by atoms with Crippen molar-refractivity contribution < 1.29 is 22.4 Å². The van der Waals surface area contributed by atoms with Crippen LogP contribution >= 0.6 is 0 Å². The summed E-state index contributed by atoms with van der Waals surface area (Å²) in [6.45, 7) is 0.499. The Morgan fingerprint density at radius 3 is 2.80 bits per heavy atom. The predicted molar refractivity (Wildman–Crippen MR) is 66.5 cm³/mol. The van der Waals surface area contributed by atoms with Gasteiger partial charge < -0.3 is 15.1 Å². The molecule has 2 rings (SSSR count). The van der Waals surface area contributed by atoms with Crippen LogP contribution in [0.5, 0.6) is 0 Å². The highest BCUT2D eigenvalue weighted by molar-refractivity contribution is 5.91. The highest BCUT2D eigenvalue weighted by Crippen LogP contribution is 2.20. The summed E-state index contributed by atoms with van der Waals surface area (Å²) < 4.78 is 41.2. The first-order valence-electron chi connectivity index (χ1n) is 5.88. The summed E-state index contributed by atoms with van der Waals surface area (Å²) in [5.74, 6) is 0.554. The number of anilines is 1. The van der Waals surface area contributed by atoms with E-state index in [1.807, 2.05) is 6.92 Å². The lowest BCUT2D eigenvalue weighted by molar-refractivity contribution is -0.122. The van der Waals surface area contributed by atoms with Crippen LogP contribution in [0.2, 0.25) is 0 Å². The second kappa shape index (κ2) is 5.40. The van der Waals surface area contributed by atoms with Gasteiger partial charge in [-0.25, -0.2) is 9.78 Å². The molecule has 8 heteroatoms. The number of carbonyl (C=O) groups excluding carboxylic acids is 1. The van der Waals surface area contributed by atoms with Crippen molar-refractivity contribution in [2.45, 2.75) is 19.5 Å². The van der Waals surface area contributed by atoms with Gasteiger partial charge in [0.15, 0.2) is 11.5 Å². The molecular formula is C12H12F3N3O2. The predicted octanol–water partition coefficient (Wildman–Crippen LogP) is 3.07. The van der Waals surface area contributed by atoms with Crippen LogP contribution in [0.15, 0.2) is 22.6 Å². The topological polar surface area (TPSA) is 67.2 Å². The fourth-order valence-electron chi connectivity index (χ4n) is 1.56. The summed E-state index contributed by atoms with van der Waals surface area (Å²) in [4.78, 5) is 15.5. The first-order chi connectivity index (χ1) is 9.37. The summed E-state index contributed by atoms with van der Waals surface area (Å²) in [6, 6.07) is 3.73. The molecular weight excluding hydrogens is 275 g/mol. The number of halogens is 3. The maximum absolute atomic E-state index is 11.9. The number of hydrogen-bond donors (Lipinski definition) is 2. The Hall–Kier alpha value is -2.25. The van der Waals surface area contributed by atoms with Gasteiger partial charge in [0.25, 0.3) is 0 Å². The molecule has 0 unspecified atom stereocenters. The summed E-state index contributed by atoms with van der Waals surface area (Å²) in [7, 11) is 0. The maximum atomic E-state index is 11.9. The molecule has 20 heavy (non-hydrogen) atoms. The number of amides is 2. The van der Waals surface area contributed by atoms with Crippen LogP contribution in [0.4, 0.5) is 23.7 Å². The molecule has 0 spiro atoms. The number of carbonyl (C=O) groups is 1. The Bertz CT molecular complexity index is 622. The van der Waals surface area contributed by atoms with Crippen molar-refractivity contribution in [2.75, 3.05) is 11.9 Å². The van der Waals surface area contributed by atoms with Crippen molar-refractivity contribution in [2.24, 2.45) is 0 Å². The molecule has 2 amide bonds. The fraction of sp³-hybridized carbons (Fsp3) is 0.333. The normalized spacial score (nSPS) is 11.6. The van der Waals surface area contributed by atoms with E-state index >= 15 is 0 Å². The Labute approximate surface area is 112 Å². The number of hydrogen-bond acceptors (Lipinski definition) is 3. The van der Waals surface area contributed by atoms with Gasteiger partial charge in [-0.3, -0.25) is 0 Å². The molecule has 2 N–H and O–H groups in total. The number of alkyl halides is 3. The van der Waals surface area contributed by atoms with Crippen molar-refractivity contribution in [3.8, 4) is 0 Å². The Kier molecular flexibility index (Phi) is 3.82. The van der Waals surface area contributed by atoms with E-state index in [9.17, 15) is 18.0 Å². The molecule has 1 aromatic heterocycles. The quantitative estimate of drug-likeness (QED) is 0.911. The van der Waals surface area contributed by atoms with Gasteiger partial charge in [-0.05, 0) is 18.2 Å². The van der Waals surface area contributed by atoms with Crippen LogP contribution in [-0.2, 0) is 6.42 Å². The number of urea groups is 1. The van der Waals surface area contributed by atoms with E-state index in [4.69, 9.17) is 4.42 Å². The van der Waals surface area contributed by atoms with Gasteiger partial charge >= 0.3 is 12.2 Å². The van der Waals surface area contributed by atoms with E-state index in [1.54, 1.807) is 11.4 Å². The van der Waals surface area contributed by atoms with Gasteiger partial charge in [0.05, 0.1) is 0 Å².